The molecular weight excluding hydrogens is 372 g/mol. The van der Waals surface area contributed by atoms with Crippen molar-refractivity contribution in [1.82, 2.24) is 10.0 Å². The number of esters is 1. The second-order valence-corrected chi connectivity index (χ2v) is 7.25. The van der Waals surface area contributed by atoms with Gasteiger partial charge in [-0.15, -0.1) is 0 Å². The molecule has 9 heteroatoms. The standard InChI is InChI=1S/C18H20N2O6S/c1-14-4-6-15(7-5-14)8-10-27(23,24)20-12-18(22)26-13-17(21)19-11-16-3-2-9-25-16/h2-10,20H,11-13H2,1H3,(H,19,21)/b10-8+. The number of nitrogens with one attached hydrogen (secondary N) is 2. The minimum absolute atomic E-state index is 0.166. The fourth-order valence-corrected chi connectivity index (χ4v) is 2.65. The minimum Gasteiger partial charge on any atom is -0.467 e. The largest absolute Gasteiger partial charge is 0.467 e. The van der Waals surface area contributed by atoms with Gasteiger partial charge in [0.1, 0.15) is 12.3 Å². The maximum Gasteiger partial charge on any atom is 0.321 e. The van der Waals surface area contributed by atoms with Crippen LogP contribution in [0.5, 0.6) is 0 Å². The van der Waals surface area contributed by atoms with Crippen LogP contribution in [0.15, 0.2) is 52.5 Å². The summed E-state index contributed by atoms with van der Waals surface area (Å²) in [6.45, 7) is 1.00. The van der Waals surface area contributed by atoms with Crippen molar-refractivity contribution in [3.63, 3.8) is 0 Å². The van der Waals surface area contributed by atoms with Crippen molar-refractivity contribution in [2.24, 2.45) is 0 Å². The lowest BCUT2D eigenvalue weighted by atomic mass is 10.2. The van der Waals surface area contributed by atoms with E-state index in [0.29, 0.717) is 11.3 Å². The summed E-state index contributed by atoms with van der Waals surface area (Å²) in [5.74, 6) is -0.833. The number of rotatable bonds is 9. The molecule has 2 aromatic rings. The molecule has 0 spiro atoms. The molecule has 0 saturated heterocycles. The minimum atomic E-state index is -3.81. The predicted molar refractivity (Wildman–Crippen MR) is 98.6 cm³/mol. The SMILES string of the molecule is Cc1ccc(/C=C/S(=O)(=O)NCC(=O)OCC(=O)NCc2ccco2)cc1. The molecule has 0 fully saturated rings. The number of amides is 1. The molecule has 1 heterocycles. The maximum absolute atomic E-state index is 11.9. The molecule has 0 aliphatic heterocycles. The Morgan fingerprint density at radius 2 is 1.93 bits per heavy atom. The van der Waals surface area contributed by atoms with Crippen molar-refractivity contribution in [2.45, 2.75) is 13.5 Å². The maximum atomic E-state index is 11.9. The van der Waals surface area contributed by atoms with Gasteiger partial charge in [0.2, 0.25) is 10.0 Å². The van der Waals surface area contributed by atoms with E-state index in [1.54, 1.807) is 24.3 Å². The van der Waals surface area contributed by atoms with E-state index < -0.39 is 35.1 Å². The average molecular weight is 392 g/mol. The van der Waals surface area contributed by atoms with Gasteiger partial charge in [0, 0.05) is 5.41 Å². The van der Waals surface area contributed by atoms with Gasteiger partial charge >= 0.3 is 5.97 Å². The van der Waals surface area contributed by atoms with Gasteiger partial charge in [0.25, 0.3) is 5.91 Å². The molecule has 2 N–H and O–H groups in total. The van der Waals surface area contributed by atoms with Crippen LogP contribution in [-0.4, -0.2) is 33.4 Å². The number of hydrogen-bond acceptors (Lipinski definition) is 6. The highest BCUT2D eigenvalue weighted by Crippen LogP contribution is 2.06. The molecule has 0 saturated carbocycles. The fourth-order valence-electron chi connectivity index (χ4n) is 1.90. The van der Waals surface area contributed by atoms with Gasteiger partial charge in [0.15, 0.2) is 6.61 Å². The molecule has 144 valence electrons. The van der Waals surface area contributed by atoms with E-state index in [1.165, 1.54) is 12.3 Å². The zero-order valence-electron chi connectivity index (χ0n) is 14.7. The van der Waals surface area contributed by atoms with Crippen molar-refractivity contribution in [3.8, 4) is 0 Å². The van der Waals surface area contributed by atoms with E-state index in [4.69, 9.17) is 9.15 Å². The van der Waals surface area contributed by atoms with Crippen LogP contribution in [0, 0.1) is 6.92 Å². The first kappa shape index (κ1) is 20.4. The van der Waals surface area contributed by atoms with Crippen LogP contribution < -0.4 is 10.0 Å². The molecular formula is C18H20N2O6S. The quantitative estimate of drug-likeness (QED) is 0.623. The molecule has 0 radical (unpaired) electrons. The third kappa shape index (κ3) is 7.89. The van der Waals surface area contributed by atoms with E-state index in [2.05, 4.69) is 10.0 Å². The van der Waals surface area contributed by atoms with Crippen LogP contribution in [0.1, 0.15) is 16.9 Å². The van der Waals surface area contributed by atoms with E-state index >= 15 is 0 Å². The van der Waals surface area contributed by atoms with Gasteiger partial charge in [0.05, 0.1) is 12.8 Å². The number of carbonyl (C=O) groups excluding carboxylic acids is 2. The van der Waals surface area contributed by atoms with Crippen LogP contribution in [0.4, 0.5) is 0 Å². The molecule has 1 aromatic carbocycles. The normalized spacial score (nSPS) is 11.4. The second-order valence-electron chi connectivity index (χ2n) is 5.60. The van der Waals surface area contributed by atoms with Crippen LogP contribution in [0.25, 0.3) is 6.08 Å². The van der Waals surface area contributed by atoms with E-state index in [9.17, 15) is 18.0 Å². The topological polar surface area (TPSA) is 115 Å². The van der Waals surface area contributed by atoms with E-state index in [1.807, 2.05) is 19.1 Å². The molecule has 8 nitrogen and oxygen atoms in total. The van der Waals surface area contributed by atoms with Gasteiger partial charge in [-0.05, 0) is 30.7 Å². The van der Waals surface area contributed by atoms with E-state index in [-0.39, 0.29) is 6.54 Å². The number of aryl methyl sites for hydroxylation is 1. The van der Waals surface area contributed by atoms with Crippen molar-refractivity contribution in [2.75, 3.05) is 13.2 Å². The number of sulfonamides is 1. The Morgan fingerprint density at radius 3 is 2.59 bits per heavy atom. The molecule has 0 atom stereocenters. The van der Waals surface area contributed by atoms with Crippen molar-refractivity contribution in [1.29, 1.82) is 0 Å². The summed E-state index contributed by atoms with van der Waals surface area (Å²) < 4.78 is 35.5. The number of benzene rings is 1. The molecule has 1 amide bonds. The summed E-state index contributed by atoms with van der Waals surface area (Å²) in [6, 6.07) is 10.6. The summed E-state index contributed by atoms with van der Waals surface area (Å²) in [5.41, 5.74) is 1.77. The number of ether oxygens (including phenoxy) is 1. The molecule has 2 rings (SSSR count). The Bertz CT molecular complexity index is 886. The van der Waals surface area contributed by atoms with Crippen molar-refractivity contribution < 1.29 is 27.2 Å². The monoisotopic (exact) mass is 392 g/mol. The lowest BCUT2D eigenvalue weighted by molar-refractivity contribution is -0.147. The third-order valence-electron chi connectivity index (χ3n) is 3.34. The lowest BCUT2D eigenvalue weighted by Gasteiger charge is -2.06. The molecule has 1 aromatic heterocycles. The summed E-state index contributed by atoms with van der Waals surface area (Å²) in [4.78, 5) is 23.1. The Morgan fingerprint density at radius 1 is 1.19 bits per heavy atom. The molecule has 0 aliphatic rings. The zero-order chi connectivity index (χ0) is 19.7. The Kier molecular flexibility index (Phi) is 7.33. The van der Waals surface area contributed by atoms with Crippen LogP contribution in [0.2, 0.25) is 0 Å². The first-order valence-corrected chi connectivity index (χ1v) is 9.58. The Hall–Kier alpha value is -2.91. The highest BCUT2D eigenvalue weighted by Gasteiger charge is 2.12. The summed E-state index contributed by atoms with van der Waals surface area (Å²) >= 11 is 0. The van der Waals surface area contributed by atoms with Crippen molar-refractivity contribution in [3.05, 3.63) is 65.0 Å². The predicted octanol–water partition coefficient (Wildman–Crippen LogP) is 1.34. The fraction of sp³-hybridized carbons (Fsp3) is 0.222. The Balaban J connectivity index is 1.70. The lowest BCUT2D eigenvalue weighted by Crippen LogP contribution is -2.33. The van der Waals surface area contributed by atoms with Crippen LogP contribution in [-0.2, 0) is 30.9 Å². The first-order valence-electron chi connectivity index (χ1n) is 8.03. The van der Waals surface area contributed by atoms with Crippen LogP contribution in [0.3, 0.4) is 0 Å². The highest BCUT2D eigenvalue weighted by atomic mass is 32.2. The molecule has 0 unspecified atom stereocenters. The summed E-state index contributed by atoms with van der Waals surface area (Å²) in [6.07, 6.45) is 2.89. The average Bonchev–Trinajstić information content (AvgIpc) is 3.16. The summed E-state index contributed by atoms with van der Waals surface area (Å²) in [5, 5.41) is 3.45. The second kappa shape index (κ2) is 9.70. The zero-order valence-corrected chi connectivity index (χ0v) is 15.5. The Labute approximate surface area is 157 Å². The number of furan rings is 1. The van der Waals surface area contributed by atoms with Gasteiger partial charge in [-0.25, -0.2) is 13.1 Å². The van der Waals surface area contributed by atoms with Gasteiger partial charge in [-0.3, -0.25) is 9.59 Å². The molecule has 0 aliphatic carbocycles. The number of hydrogen-bond donors (Lipinski definition) is 2. The van der Waals surface area contributed by atoms with Gasteiger partial charge < -0.3 is 14.5 Å². The van der Waals surface area contributed by atoms with E-state index in [0.717, 1.165) is 11.0 Å². The first-order chi connectivity index (χ1) is 12.8. The smallest absolute Gasteiger partial charge is 0.321 e. The number of carbonyl (C=O) groups is 2. The molecule has 0 bridgehead atoms. The van der Waals surface area contributed by atoms with Crippen molar-refractivity contribution >= 4 is 28.0 Å². The molecule has 27 heavy (non-hydrogen) atoms. The third-order valence-corrected chi connectivity index (χ3v) is 4.38. The van der Waals surface area contributed by atoms with Crippen LogP contribution >= 0.6 is 0 Å². The highest BCUT2D eigenvalue weighted by molar-refractivity contribution is 7.92. The van der Waals surface area contributed by atoms with Gasteiger partial charge in [-0.1, -0.05) is 29.8 Å². The van der Waals surface area contributed by atoms with Gasteiger partial charge in [-0.2, -0.15) is 0 Å². The summed E-state index contributed by atoms with van der Waals surface area (Å²) in [7, 11) is -3.81.